The lowest BCUT2D eigenvalue weighted by Gasteiger charge is -2.09. The molecule has 0 fully saturated rings. The molecule has 16 nitrogen and oxygen atoms in total. The zero-order valence-corrected chi connectivity index (χ0v) is 34.3. The lowest BCUT2D eigenvalue weighted by molar-refractivity contribution is -0.146. The van der Waals surface area contributed by atoms with E-state index in [1.807, 2.05) is 0 Å². The van der Waals surface area contributed by atoms with E-state index in [1.165, 1.54) is 52.1 Å². The van der Waals surface area contributed by atoms with Gasteiger partial charge in [0.15, 0.2) is 0 Å². The number of unbranched alkanes of at least 4 members (excludes halogenated alkanes) is 8. The molecule has 0 aliphatic heterocycles. The predicted molar refractivity (Wildman–Crippen MR) is 205 cm³/mol. The minimum absolute atomic E-state index is 0.0740. The van der Waals surface area contributed by atoms with Gasteiger partial charge in [0.05, 0.1) is 159 Å². The SMILES string of the molecule is CCCCCCCCCCCC(=O)OCCOCCOCCOCCOCCOCCOCCOCCOCCOCCOCCOCCOCC(=O)OC. The molecule has 328 valence electrons. The van der Waals surface area contributed by atoms with Gasteiger partial charge in [-0.1, -0.05) is 58.3 Å². The van der Waals surface area contributed by atoms with Crippen LogP contribution in [0.2, 0.25) is 0 Å². The minimum Gasteiger partial charge on any atom is -0.467 e. The molecular weight excluding hydrogens is 724 g/mol. The molecule has 0 aliphatic rings. The number of hydrogen-bond donors (Lipinski definition) is 0. The summed E-state index contributed by atoms with van der Waals surface area (Å²) in [6, 6.07) is 0. The van der Waals surface area contributed by atoms with Crippen molar-refractivity contribution in [2.24, 2.45) is 0 Å². The highest BCUT2D eigenvalue weighted by molar-refractivity contribution is 5.70. The van der Waals surface area contributed by atoms with Crippen molar-refractivity contribution in [2.75, 3.05) is 172 Å². The summed E-state index contributed by atoms with van der Waals surface area (Å²) in [6.45, 7) is 13.1. The first kappa shape index (κ1) is 53.5. The lowest BCUT2D eigenvalue weighted by atomic mass is 10.1. The molecule has 0 heterocycles. The average molecular weight is 801 g/mol. The predicted octanol–water partition coefficient (Wildman–Crippen LogP) is 3.82. The largest absolute Gasteiger partial charge is 0.467 e. The van der Waals surface area contributed by atoms with Crippen molar-refractivity contribution in [2.45, 2.75) is 71.1 Å². The van der Waals surface area contributed by atoms with Gasteiger partial charge in [0.25, 0.3) is 0 Å². The van der Waals surface area contributed by atoms with Crippen LogP contribution in [-0.2, 0) is 75.9 Å². The quantitative estimate of drug-likeness (QED) is 0.0644. The van der Waals surface area contributed by atoms with Crippen molar-refractivity contribution >= 4 is 11.9 Å². The Labute approximate surface area is 331 Å². The van der Waals surface area contributed by atoms with E-state index < -0.39 is 5.97 Å². The molecule has 0 aliphatic carbocycles. The average Bonchev–Trinajstić information content (AvgIpc) is 3.19. The molecule has 0 aromatic rings. The molecule has 0 radical (unpaired) electrons. The molecular formula is C39H76O16. The van der Waals surface area contributed by atoms with Crippen LogP contribution in [-0.4, -0.2) is 184 Å². The first-order valence-electron chi connectivity index (χ1n) is 20.4. The maximum atomic E-state index is 11.8. The molecule has 0 aromatic carbocycles. The molecule has 0 saturated carbocycles. The molecule has 0 N–H and O–H groups in total. The van der Waals surface area contributed by atoms with Gasteiger partial charge >= 0.3 is 11.9 Å². The fourth-order valence-corrected chi connectivity index (χ4v) is 4.50. The Hall–Kier alpha value is -1.54. The molecule has 16 heteroatoms. The van der Waals surface area contributed by atoms with E-state index in [0.717, 1.165) is 12.8 Å². The normalized spacial score (nSPS) is 11.4. The van der Waals surface area contributed by atoms with Crippen LogP contribution in [0.5, 0.6) is 0 Å². The van der Waals surface area contributed by atoms with E-state index in [-0.39, 0.29) is 19.2 Å². The number of ether oxygens (including phenoxy) is 14. The lowest BCUT2D eigenvalue weighted by Crippen LogP contribution is -2.16. The zero-order valence-electron chi connectivity index (χ0n) is 34.3. The Balaban J connectivity index is 3.11. The van der Waals surface area contributed by atoms with E-state index in [1.54, 1.807) is 0 Å². The number of carbonyl (C=O) groups is 2. The second-order valence-corrected chi connectivity index (χ2v) is 12.2. The van der Waals surface area contributed by atoms with Gasteiger partial charge in [-0.3, -0.25) is 4.79 Å². The van der Waals surface area contributed by atoms with Gasteiger partial charge < -0.3 is 66.3 Å². The van der Waals surface area contributed by atoms with Gasteiger partial charge in [-0.25, -0.2) is 4.79 Å². The van der Waals surface area contributed by atoms with Gasteiger partial charge in [-0.05, 0) is 6.42 Å². The Morgan fingerprint density at radius 3 is 0.855 bits per heavy atom. The van der Waals surface area contributed by atoms with Gasteiger partial charge in [0.2, 0.25) is 0 Å². The molecule has 0 unspecified atom stereocenters. The van der Waals surface area contributed by atoms with Gasteiger partial charge in [0, 0.05) is 6.42 Å². The monoisotopic (exact) mass is 801 g/mol. The highest BCUT2D eigenvalue weighted by atomic mass is 16.6. The van der Waals surface area contributed by atoms with Crippen molar-refractivity contribution in [3.05, 3.63) is 0 Å². The Bertz CT molecular complexity index is 763. The van der Waals surface area contributed by atoms with Crippen LogP contribution in [0.1, 0.15) is 71.1 Å². The Morgan fingerprint density at radius 1 is 0.309 bits per heavy atom. The van der Waals surface area contributed by atoms with E-state index >= 15 is 0 Å². The maximum Gasteiger partial charge on any atom is 0.331 e. The van der Waals surface area contributed by atoms with E-state index in [0.29, 0.717) is 158 Å². The fraction of sp³-hybridized carbons (Fsp3) is 0.949. The second kappa shape index (κ2) is 48.6. The van der Waals surface area contributed by atoms with E-state index in [4.69, 9.17) is 61.6 Å². The fourth-order valence-electron chi connectivity index (χ4n) is 4.50. The van der Waals surface area contributed by atoms with Crippen molar-refractivity contribution < 1.29 is 75.9 Å². The third-order valence-corrected chi connectivity index (χ3v) is 7.51. The highest BCUT2D eigenvalue weighted by Crippen LogP contribution is 2.10. The van der Waals surface area contributed by atoms with Crippen LogP contribution in [0.25, 0.3) is 0 Å². The van der Waals surface area contributed by atoms with E-state index in [9.17, 15) is 9.59 Å². The molecule has 0 rings (SSSR count). The number of rotatable bonds is 48. The van der Waals surface area contributed by atoms with Crippen LogP contribution < -0.4 is 0 Å². The number of esters is 2. The molecule has 0 aromatic heterocycles. The summed E-state index contributed by atoms with van der Waals surface area (Å²) in [5, 5.41) is 0. The maximum absolute atomic E-state index is 11.8. The molecule has 0 bridgehead atoms. The van der Waals surface area contributed by atoms with E-state index in [2.05, 4.69) is 11.7 Å². The molecule has 0 atom stereocenters. The van der Waals surface area contributed by atoms with Gasteiger partial charge in [-0.15, -0.1) is 0 Å². The van der Waals surface area contributed by atoms with Crippen molar-refractivity contribution in [3.63, 3.8) is 0 Å². The second-order valence-electron chi connectivity index (χ2n) is 12.2. The molecule has 0 saturated heterocycles. The van der Waals surface area contributed by atoms with Crippen molar-refractivity contribution in [1.29, 1.82) is 0 Å². The summed E-state index contributed by atoms with van der Waals surface area (Å²) in [5.74, 6) is -0.551. The number of methoxy groups -OCH3 is 1. The molecule has 0 spiro atoms. The molecule has 55 heavy (non-hydrogen) atoms. The van der Waals surface area contributed by atoms with Crippen LogP contribution in [0.3, 0.4) is 0 Å². The number of carbonyl (C=O) groups excluding carboxylic acids is 2. The Kier molecular flexibility index (Phi) is 47.2. The summed E-state index contributed by atoms with van der Waals surface area (Å²) in [7, 11) is 1.31. The third-order valence-electron chi connectivity index (χ3n) is 7.51. The summed E-state index contributed by atoms with van der Waals surface area (Å²) in [4.78, 5) is 22.7. The van der Waals surface area contributed by atoms with Crippen LogP contribution >= 0.6 is 0 Å². The van der Waals surface area contributed by atoms with Crippen molar-refractivity contribution in [3.8, 4) is 0 Å². The number of hydrogen-bond acceptors (Lipinski definition) is 16. The van der Waals surface area contributed by atoms with Crippen LogP contribution in [0.4, 0.5) is 0 Å². The first-order valence-corrected chi connectivity index (χ1v) is 20.4. The standard InChI is InChI=1S/C39H76O16/c1-3-4-5-6-7-8-9-10-11-12-38(40)55-36-35-53-32-31-51-28-27-49-24-23-47-20-19-45-16-15-43-13-14-44-17-18-46-21-22-48-25-26-50-29-30-52-33-34-54-37-39(41)42-2/h3-37H2,1-2H3. The van der Waals surface area contributed by atoms with Crippen LogP contribution in [0, 0.1) is 0 Å². The summed E-state index contributed by atoms with van der Waals surface area (Å²) in [6.07, 6.45) is 11.6. The molecule has 0 amide bonds. The van der Waals surface area contributed by atoms with Crippen LogP contribution in [0.15, 0.2) is 0 Å². The highest BCUT2D eigenvalue weighted by Gasteiger charge is 2.03. The Morgan fingerprint density at radius 2 is 0.564 bits per heavy atom. The topological polar surface area (TPSA) is 163 Å². The van der Waals surface area contributed by atoms with Gasteiger partial charge in [0.1, 0.15) is 13.2 Å². The zero-order chi connectivity index (χ0) is 39.8. The van der Waals surface area contributed by atoms with Crippen molar-refractivity contribution in [1.82, 2.24) is 0 Å². The third kappa shape index (κ3) is 48.5. The first-order chi connectivity index (χ1) is 27.2. The summed E-state index contributed by atoms with van der Waals surface area (Å²) in [5.41, 5.74) is 0. The summed E-state index contributed by atoms with van der Waals surface area (Å²) >= 11 is 0. The summed E-state index contributed by atoms with van der Waals surface area (Å²) < 4.78 is 74.8. The minimum atomic E-state index is -0.410. The van der Waals surface area contributed by atoms with Gasteiger partial charge in [-0.2, -0.15) is 0 Å². The smallest absolute Gasteiger partial charge is 0.331 e.